The lowest BCUT2D eigenvalue weighted by Crippen LogP contribution is -2.58. The van der Waals surface area contributed by atoms with Crippen molar-refractivity contribution in [2.24, 2.45) is 0 Å². The van der Waals surface area contributed by atoms with Crippen LogP contribution in [0.5, 0.6) is 0 Å². The predicted octanol–water partition coefficient (Wildman–Crippen LogP) is 3.61. The van der Waals surface area contributed by atoms with Crippen molar-refractivity contribution in [3.63, 3.8) is 0 Å². The van der Waals surface area contributed by atoms with Gasteiger partial charge >= 0.3 is 6.18 Å². The lowest BCUT2D eigenvalue weighted by atomic mass is 9.90. The Bertz CT molecular complexity index is 699. The highest BCUT2D eigenvalue weighted by Gasteiger charge is 2.36. The summed E-state index contributed by atoms with van der Waals surface area (Å²) in [5.41, 5.74) is 0.187. The molecule has 1 aromatic carbocycles. The first-order chi connectivity index (χ1) is 12.9. The van der Waals surface area contributed by atoms with Gasteiger partial charge in [0, 0.05) is 24.3 Å². The molecule has 0 radical (unpaired) electrons. The summed E-state index contributed by atoms with van der Waals surface area (Å²) in [4.78, 5) is 12.9. The highest BCUT2D eigenvalue weighted by atomic mass is 19.4. The predicted molar refractivity (Wildman–Crippen MR) is 94.7 cm³/mol. The smallest absolute Gasteiger partial charge is 0.379 e. The SMILES string of the molecule is O=C(N[C@@H]1COCCC1NC1CCC1)c1ccc(C(F)(F)F)cc1C1CC1. The number of hydrogen-bond donors (Lipinski definition) is 2. The summed E-state index contributed by atoms with van der Waals surface area (Å²) in [6.45, 7) is 1.08. The molecule has 1 saturated heterocycles. The zero-order chi connectivity index (χ0) is 19.0. The summed E-state index contributed by atoms with van der Waals surface area (Å²) in [5, 5.41) is 6.61. The van der Waals surface area contributed by atoms with Crippen LogP contribution in [0.4, 0.5) is 13.2 Å². The molecule has 3 aliphatic rings. The molecule has 27 heavy (non-hydrogen) atoms. The number of hydrogen-bond acceptors (Lipinski definition) is 3. The van der Waals surface area contributed by atoms with E-state index < -0.39 is 11.7 Å². The van der Waals surface area contributed by atoms with Crippen LogP contribution in [-0.4, -0.2) is 37.2 Å². The summed E-state index contributed by atoms with van der Waals surface area (Å²) in [6, 6.07) is 3.95. The van der Waals surface area contributed by atoms with Gasteiger partial charge in [-0.25, -0.2) is 0 Å². The second-order valence-corrected chi connectivity index (χ2v) is 7.92. The van der Waals surface area contributed by atoms with Crippen molar-refractivity contribution < 1.29 is 22.7 Å². The summed E-state index contributed by atoms with van der Waals surface area (Å²) in [6.07, 6.45) is 1.64. The number of carbonyl (C=O) groups is 1. The van der Waals surface area contributed by atoms with E-state index in [4.69, 9.17) is 4.74 Å². The molecule has 2 saturated carbocycles. The monoisotopic (exact) mass is 382 g/mol. The van der Waals surface area contributed by atoms with E-state index >= 15 is 0 Å². The molecule has 2 aliphatic carbocycles. The third-order valence-electron chi connectivity index (χ3n) is 5.87. The van der Waals surface area contributed by atoms with Crippen LogP contribution in [0.1, 0.15) is 65.9 Å². The minimum Gasteiger partial charge on any atom is -0.379 e. The molecule has 1 amide bonds. The van der Waals surface area contributed by atoms with Gasteiger partial charge in [-0.1, -0.05) is 6.42 Å². The van der Waals surface area contributed by atoms with Crippen molar-refractivity contribution in [3.8, 4) is 0 Å². The Morgan fingerprint density at radius 2 is 1.85 bits per heavy atom. The first-order valence-corrected chi connectivity index (χ1v) is 9.77. The number of rotatable bonds is 5. The maximum absolute atomic E-state index is 13.0. The number of alkyl halides is 3. The fourth-order valence-corrected chi connectivity index (χ4v) is 3.88. The second-order valence-electron chi connectivity index (χ2n) is 7.92. The van der Waals surface area contributed by atoms with Gasteiger partial charge in [0.15, 0.2) is 0 Å². The number of halogens is 3. The van der Waals surface area contributed by atoms with Gasteiger partial charge in [0.05, 0.1) is 18.2 Å². The fourth-order valence-electron chi connectivity index (χ4n) is 3.88. The van der Waals surface area contributed by atoms with Gasteiger partial charge in [0.1, 0.15) is 0 Å². The number of ether oxygens (including phenoxy) is 1. The molecular weight excluding hydrogens is 357 g/mol. The van der Waals surface area contributed by atoms with Gasteiger partial charge in [-0.2, -0.15) is 13.2 Å². The van der Waals surface area contributed by atoms with Crippen LogP contribution in [0.15, 0.2) is 18.2 Å². The zero-order valence-corrected chi connectivity index (χ0v) is 15.1. The lowest BCUT2D eigenvalue weighted by Gasteiger charge is -2.38. The van der Waals surface area contributed by atoms with Crippen LogP contribution in [0.25, 0.3) is 0 Å². The van der Waals surface area contributed by atoms with Gasteiger partial charge in [-0.3, -0.25) is 4.79 Å². The van der Waals surface area contributed by atoms with E-state index in [0.29, 0.717) is 30.4 Å². The van der Waals surface area contributed by atoms with E-state index in [1.54, 1.807) is 0 Å². The molecule has 4 nitrogen and oxygen atoms in total. The molecule has 0 spiro atoms. The third kappa shape index (κ3) is 4.29. The third-order valence-corrected chi connectivity index (χ3v) is 5.87. The number of carbonyl (C=O) groups excluding carboxylic acids is 1. The zero-order valence-electron chi connectivity index (χ0n) is 15.1. The Kier molecular flexibility index (Phi) is 5.16. The van der Waals surface area contributed by atoms with E-state index in [0.717, 1.165) is 44.2 Å². The molecule has 1 heterocycles. The van der Waals surface area contributed by atoms with Crippen LogP contribution in [0.3, 0.4) is 0 Å². The standard InChI is InChI=1S/C20H25F3N2O2/c21-20(22,23)13-6-7-15(16(10-13)12-4-5-12)19(26)25-18-11-27-9-8-17(18)24-14-2-1-3-14/h6-7,10,12,14,17-18,24H,1-5,8-9,11H2,(H,25,26)/t17?,18-/m1/s1. The van der Waals surface area contributed by atoms with Crippen molar-refractivity contribution in [2.45, 2.75) is 68.7 Å². The van der Waals surface area contributed by atoms with Crippen LogP contribution in [-0.2, 0) is 10.9 Å². The van der Waals surface area contributed by atoms with Crippen molar-refractivity contribution in [1.29, 1.82) is 0 Å². The summed E-state index contributed by atoms with van der Waals surface area (Å²) in [7, 11) is 0. The highest BCUT2D eigenvalue weighted by molar-refractivity contribution is 5.96. The Morgan fingerprint density at radius 3 is 2.48 bits per heavy atom. The van der Waals surface area contributed by atoms with E-state index in [9.17, 15) is 18.0 Å². The van der Waals surface area contributed by atoms with Crippen LogP contribution >= 0.6 is 0 Å². The average Bonchev–Trinajstić information content (AvgIpc) is 3.43. The molecule has 2 N–H and O–H groups in total. The topological polar surface area (TPSA) is 50.4 Å². The number of nitrogens with one attached hydrogen (secondary N) is 2. The summed E-state index contributed by atoms with van der Waals surface area (Å²) < 4.78 is 44.7. The Hall–Kier alpha value is -1.60. The maximum atomic E-state index is 13.0. The lowest BCUT2D eigenvalue weighted by molar-refractivity contribution is -0.137. The largest absolute Gasteiger partial charge is 0.416 e. The molecule has 1 aliphatic heterocycles. The van der Waals surface area contributed by atoms with Crippen molar-refractivity contribution >= 4 is 5.91 Å². The average molecular weight is 382 g/mol. The molecule has 2 atom stereocenters. The Labute approximate surface area is 156 Å². The summed E-state index contributed by atoms with van der Waals surface area (Å²) in [5.74, 6) is -0.249. The Balaban J connectivity index is 1.49. The summed E-state index contributed by atoms with van der Waals surface area (Å²) >= 11 is 0. The van der Waals surface area contributed by atoms with Crippen LogP contribution in [0, 0.1) is 0 Å². The quantitative estimate of drug-likeness (QED) is 0.818. The number of benzene rings is 1. The van der Waals surface area contributed by atoms with Crippen molar-refractivity contribution in [2.75, 3.05) is 13.2 Å². The molecule has 0 aromatic heterocycles. The molecule has 1 aromatic rings. The minimum atomic E-state index is -4.40. The van der Waals surface area contributed by atoms with Crippen LogP contribution < -0.4 is 10.6 Å². The van der Waals surface area contributed by atoms with E-state index in [1.165, 1.54) is 12.5 Å². The Morgan fingerprint density at radius 1 is 1.07 bits per heavy atom. The molecule has 4 rings (SSSR count). The number of amides is 1. The molecule has 1 unspecified atom stereocenters. The minimum absolute atomic E-state index is 0.0551. The van der Waals surface area contributed by atoms with Gasteiger partial charge in [0.2, 0.25) is 0 Å². The first kappa shape index (κ1) is 18.7. The van der Waals surface area contributed by atoms with E-state index in [1.807, 2.05) is 0 Å². The van der Waals surface area contributed by atoms with Gasteiger partial charge in [-0.05, 0) is 61.8 Å². The van der Waals surface area contributed by atoms with Crippen molar-refractivity contribution in [1.82, 2.24) is 10.6 Å². The maximum Gasteiger partial charge on any atom is 0.416 e. The van der Waals surface area contributed by atoms with Gasteiger partial charge in [0.25, 0.3) is 5.91 Å². The van der Waals surface area contributed by atoms with Crippen LogP contribution in [0.2, 0.25) is 0 Å². The van der Waals surface area contributed by atoms with Gasteiger partial charge < -0.3 is 15.4 Å². The molecule has 0 bridgehead atoms. The molecule has 3 fully saturated rings. The fraction of sp³-hybridized carbons (Fsp3) is 0.650. The van der Waals surface area contributed by atoms with Crippen molar-refractivity contribution in [3.05, 3.63) is 34.9 Å². The highest BCUT2D eigenvalue weighted by Crippen LogP contribution is 2.43. The second kappa shape index (κ2) is 7.43. The van der Waals surface area contributed by atoms with E-state index in [2.05, 4.69) is 10.6 Å². The normalized spacial score (nSPS) is 26.5. The van der Waals surface area contributed by atoms with Gasteiger partial charge in [-0.15, -0.1) is 0 Å². The van der Waals surface area contributed by atoms with E-state index in [-0.39, 0.29) is 23.9 Å². The first-order valence-electron chi connectivity index (χ1n) is 9.77. The molecule has 7 heteroatoms. The molecular formula is C20H25F3N2O2. The molecule has 148 valence electrons.